The van der Waals surface area contributed by atoms with E-state index in [1.54, 1.807) is 24.1 Å². The van der Waals surface area contributed by atoms with Crippen LogP contribution in [-0.4, -0.2) is 32.3 Å². The van der Waals surface area contributed by atoms with Crippen LogP contribution < -0.4 is 4.72 Å². The summed E-state index contributed by atoms with van der Waals surface area (Å²) in [6.45, 7) is 1.83. The van der Waals surface area contributed by atoms with Gasteiger partial charge in [-0.25, -0.2) is 8.42 Å². The smallest absolute Gasteiger partial charge is 0.261 e. The summed E-state index contributed by atoms with van der Waals surface area (Å²) < 4.78 is 27.8. The lowest BCUT2D eigenvalue weighted by atomic mass is 10.2. The predicted molar refractivity (Wildman–Crippen MR) is 104 cm³/mol. The van der Waals surface area contributed by atoms with Crippen LogP contribution in [0.15, 0.2) is 41.3 Å². The Morgan fingerprint density at radius 2 is 1.81 bits per heavy atom. The number of amides is 1. The Morgan fingerprint density at radius 1 is 1.12 bits per heavy atom. The van der Waals surface area contributed by atoms with E-state index >= 15 is 0 Å². The standard InChI is InChI=1S/C18H18Cl2N2O3S/c1-11-3-4-12(9-17(11)20)21-26(24,25)14-7-8-16(19)15(10-14)18(23)22(2)13-5-6-13/h3-4,7-10,13,21H,5-6H2,1-2H3. The van der Waals surface area contributed by atoms with Crippen molar-refractivity contribution in [2.45, 2.75) is 30.7 Å². The Morgan fingerprint density at radius 3 is 2.42 bits per heavy atom. The molecule has 0 aromatic heterocycles. The number of nitrogens with zero attached hydrogens (tertiary/aromatic N) is 1. The molecular weight excluding hydrogens is 395 g/mol. The minimum Gasteiger partial charge on any atom is -0.339 e. The third kappa shape index (κ3) is 3.98. The average Bonchev–Trinajstić information content (AvgIpc) is 3.42. The predicted octanol–water partition coefficient (Wildman–Crippen LogP) is 4.34. The molecule has 0 atom stereocenters. The Balaban J connectivity index is 1.91. The molecule has 0 unspecified atom stereocenters. The Labute approximate surface area is 163 Å². The SMILES string of the molecule is Cc1ccc(NS(=O)(=O)c2ccc(Cl)c(C(=O)N(C)C3CC3)c2)cc1Cl. The Bertz CT molecular complexity index is 972. The first-order valence-corrected chi connectivity index (χ1v) is 10.3. The van der Waals surface area contributed by atoms with Gasteiger partial charge in [0, 0.05) is 18.1 Å². The van der Waals surface area contributed by atoms with Crippen molar-refractivity contribution >= 4 is 44.8 Å². The third-order valence-corrected chi connectivity index (χ3v) is 6.43. The zero-order valence-corrected chi connectivity index (χ0v) is 16.6. The maximum atomic E-state index is 12.7. The van der Waals surface area contributed by atoms with Crippen LogP contribution in [0.25, 0.3) is 0 Å². The van der Waals surface area contributed by atoms with E-state index in [2.05, 4.69) is 4.72 Å². The number of carbonyl (C=O) groups is 1. The molecule has 1 aliphatic rings. The molecule has 1 amide bonds. The molecule has 2 aromatic carbocycles. The molecule has 138 valence electrons. The van der Waals surface area contributed by atoms with Crippen molar-refractivity contribution in [3.63, 3.8) is 0 Å². The zero-order valence-electron chi connectivity index (χ0n) is 14.3. The zero-order chi connectivity index (χ0) is 19.1. The van der Waals surface area contributed by atoms with E-state index in [0.29, 0.717) is 10.7 Å². The average molecular weight is 413 g/mol. The highest BCUT2D eigenvalue weighted by Crippen LogP contribution is 2.30. The topological polar surface area (TPSA) is 66.5 Å². The van der Waals surface area contributed by atoms with E-state index in [1.807, 2.05) is 6.92 Å². The third-order valence-electron chi connectivity index (χ3n) is 4.32. The number of anilines is 1. The van der Waals surface area contributed by atoms with Crippen LogP contribution in [0.3, 0.4) is 0 Å². The fourth-order valence-corrected chi connectivity index (χ4v) is 3.98. The van der Waals surface area contributed by atoms with Gasteiger partial charge in [0.15, 0.2) is 0 Å². The van der Waals surface area contributed by atoms with Gasteiger partial charge in [0.2, 0.25) is 0 Å². The second kappa shape index (κ2) is 7.10. The molecule has 0 heterocycles. The summed E-state index contributed by atoms with van der Waals surface area (Å²) in [5, 5.41) is 0.683. The molecule has 2 aromatic rings. The highest BCUT2D eigenvalue weighted by Gasteiger charge is 2.31. The van der Waals surface area contributed by atoms with Gasteiger partial charge in [-0.15, -0.1) is 0 Å². The monoisotopic (exact) mass is 412 g/mol. The molecule has 1 aliphatic carbocycles. The number of hydrogen-bond donors (Lipinski definition) is 1. The number of halogens is 2. The van der Waals surface area contributed by atoms with Crippen molar-refractivity contribution in [3.05, 3.63) is 57.6 Å². The summed E-state index contributed by atoms with van der Waals surface area (Å²) in [7, 11) is -2.19. The van der Waals surface area contributed by atoms with Crippen molar-refractivity contribution < 1.29 is 13.2 Å². The molecule has 1 saturated carbocycles. The summed E-state index contributed by atoms with van der Waals surface area (Å²) in [6.07, 6.45) is 1.90. The maximum absolute atomic E-state index is 12.7. The highest BCUT2D eigenvalue weighted by atomic mass is 35.5. The first kappa shape index (κ1) is 19.0. The summed E-state index contributed by atoms with van der Waals surface area (Å²) in [6, 6.07) is 9.19. The number of rotatable bonds is 5. The molecule has 26 heavy (non-hydrogen) atoms. The number of nitrogens with one attached hydrogen (secondary N) is 1. The molecule has 1 N–H and O–H groups in total. The lowest BCUT2D eigenvalue weighted by Crippen LogP contribution is -2.29. The second-order valence-corrected chi connectivity index (χ2v) is 8.86. The fourth-order valence-electron chi connectivity index (χ4n) is 2.52. The van der Waals surface area contributed by atoms with Crippen molar-refractivity contribution in [3.8, 4) is 0 Å². The van der Waals surface area contributed by atoms with Crippen LogP contribution in [0, 0.1) is 6.92 Å². The van der Waals surface area contributed by atoms with Crippen LogP contribution in [0.4, 0.5) is 5.69 Å². The van der Waals surface area contributed by atoms with Gasteiger partial charge in [-0.05, 0) is 55.7 Å². The van der Waals surface area contributed by atoms with E-state index in [-0.39, 0.29) is 27.4 Å². The van der Waals surface area contributed by atoms with Crippen molar-refractivity contribution in [1.82, 2.24) is 4.90 Å². The number of benzene rings is 2. The molecule has 0 aliphatic heterocycles. The van der Waals surface area contributed by atoms with E-state index in [0.717, 1.165) is 18.4 Å². The van der Waals surface area contributed by atoms with Crippen LogP contribution >= 0.6 is 23.2 Å². The van der Waals surface area contributed by atoms with E-state index in [1.165, 1.54) is 24.3 Å². The first-order valence-electron chi connectivity index (χ1n) is 8.05. The molecule has 1 fully saturated rings. The number of aryl methyl sites for hydroxylation is 1. The molecule has 0 spiro atoms. The Kier molecular flexibility index (Phi) is 5.19. The van der Waals surface area contributed by atoms with Crippen LogP contribution in [0.5, 0.6) is 0 Å². The van der Waals surface area contributed by atoms with Gasteiger partial charge in [0.25, 0.3) is 15.9 Å². The van der Waals surface area contributed by atoms with Gasteiger partial charge in [-0.1, -0.05) is 29.3 Å². The molecule has 8 heteroatoms. The minimum atomic E-state index is -3.88. The van der Waals surface area contributed by atoms with Crippen LogP contribution in [0.2, 0.25) is 10.0 Å². The van der Waals surface area contributed by atoms with E-state index in [4.69, 9.17) is 23.2 Å². The largest absolute Gasteiger partial charge is 0.339 e. The van der Waals surface area contributed by atoms with E-state index in [9.17, 15) is 13.2 Å². The lowest BCUT2D eigenvalue weighted by Gasteiger charge is -2.18. The number of carbonyl (C=O) groups excluding carboxylic acids is 1. The molecule has 0 bridgehead atoms. The maximum Gasteiger partial charge on any atom is 0.261 e. The van der Waals surface area contributed by atoms with Crippen molar-refractivity contribution in [2.24, 2.45) is 0 Å². The Hall–Kier alpha value is -1.76. The number of hydrogen-bond acceptors (Lipinski definition) is 3. The minimum absolute atomic E-state index is 0.0360. The highest BCUT2D eigenvalue weighted by molar-refractivity contribution is 7.92. The van der Waals surface area contributed by atoms with Gasteiger partial charge >= 0.3 is 0 Å². The number of sulfonamides is 1. The lowest BCUT2D eigenvalue weighted by molar-refractivity contribution is 0.0785. The molecule has 3 rings (SSSR count). The van der Waals surface area contributed by atoms with Gasteiger partial charge < -0.3 is 4.90 Å². The summed E-state index contributed by atoms with van der Waals surface area (Å²) >= 11 is 12.2. The van der Waals surface area contributed by atoms with Gasteiger partial charge in [0.05, 0.1) is 21.2 Å². The van der Waals surface area contributed by atoms with Crippen LogP contribution in [0.1, 0.15) is 28.8 Å². The molecule has 0 saturated heterocycles. The normalized spacial score (nSPS) is 14.2. The summed E-state index contributed by atoms with van der Waals surface area (Å²) in [5.41, 5.74) is 1.36. The van der Waals surface area contributed by atoms with Gasteiger partial charge in [-0.3, -0.25) is 9.52 Å². The summed E-state index contributed by atoms with van der Waals surface area (Å²) in [5.74, 6) is -0.284. The summed E-state index contributed by atoms with van der Waals surface area (Å²) in [4.78, 5) is 14.1. The van der Waals surface area contributed by atoms with Gasteiger partial charge in [0.1, 0.15) is 0 Å². The van der Waals surface area contributed by atoms with Crippen LogP contribution in [-0.2, 0) is 10.0 Å². The first-order chi connectivity index (χ1) is 12.2. The molecule has 5 nitrogen and oxygen atoms in total. The quantitative estimate of drug-likeness (QED) is 0.793. The van der Waals surface area contributed by atoms with Gasteiger partial charge in [-0.2, -0.15) is 0 Å². The van der Waals surface area contributed by atoms with E-state index < -0.39 is 10.0 Å². The fraction of sp³-hybridized carbons (Fsp3) is 0.278. The van der Waals surface area contributed by atoms with Crippen molar-refractivity contribution in [1.29, 1.82) is 0 Å². The second-order valence-electron chi connectivity index (χ2n) is 6.36. The molecular formula is C18H18Cl2N2O3S. The molecule has 0 radical (unpaired) electrons. The van der Waals surface area contributed by atoms with Crippen molar-refractivity contribution in [2.75, 3.05) is 11.8 Å².